The molecule has 0 aliphatic heterocycles. The first kappa shape index (κ1) is 59.0. The number of allylic oxidation sites excluding steroid dienone is 3. The number of carbonyl (C=O) groups excluding carboxylic acids is 1. The standard InChI is InChI=1S/C51H101N2O6P/c1-6-8-10-12-14-16-18-20-22-23-24-25-26-27-28-29-31-33-35-37-39-41-43-45-51(55)52-49(48-59-60(56,57)58-47-46-53(3,4)5)50(54)44-42-40-38-36-34-32-30-21-19-17-15-13-11-9-7-2/h34,36,42,44,49-50,54H,6-33,35,37-41,43,45-48H2,1-5H3,(H-,52,55,56,57)/p+1/b36-34+,44-42+. The Kier molecular flexibility index (Phi) is 42.5. The molecule has 3 N–H and O–H groups in total. The van der Waals surface area contributed by atoms with Gasteiger partial charge in [0.15, 0.2) is 0 Å². The molecule has 9 heteroatoms. The van der Waals surface area contributed by atoms with Crippen LogP contribution in [-0.4, -0.2) is 73.4 Å². The highest BCUT2D eigenvalue weighted by Gasteiger charge is 2.27. The molecular formula is C51H102N2O6P+. The largest absolute Gasteiger partial charge is 0.472 e. The Labute approximate surface area is 373 Å². The Hall–Kier alpha value is -1.02. The predicted molar refractivity (Wildman–Crippen MR) is 258 cm³/mol. The molecule has 356 valence electrons. The fourth-order valence-corrected chi connectivity index (χ4v) is 8.32. The Bertz CT molecular complexity index is 1030. The lowest BCUT2D eigenvalue weighted by molar-refractivity contribution is -0.870. The van der Waals surface area contributed by atoms with Crippen molar-refractivity contribution in [3.05, 3.63) is 24.3 Å². The van der Waals surface area contributed by atoms with Gasteiger partial charge in [-0.05, 0) is 32.1 Å². The minimum Gasteiger partial charge on any atom is -0.387 e. The number of phosphoric ester groups is 1. The van der Waals surface area contributed by atoms with E-state index in [0.717, 1.165) is 38.5 Å². The van der Waals surface area contributed by atoms with E-state index >= 15 is 0 Å². The van der Waals surface area contributed by atoms with E-state index < -0.39 is 20.0 Å². The number of nitrogens with zero attached hydrogens (tertiary/aromatic N) is 1. The second-order valence-electron chi connectivity index (χ2n) is 18.9. The molecule has 0 fully saturated rings. The Morgan fingerprint density at radius 2 is 0.917 bits per heavy atom. The van der Waals surface area contributed by atoms with Crippen molar-refractivity contribution in [1.29, 1.82) is 0 Å². The third-order valence-electron chi connectivity index (χ3n) is 11.7. The summed E-state index contributed by atoms with van der Waals surface area (Å²) in [6.45, 7) is 4.82. The maximum absolute atomic E-state index is 12.9. The van der Waals surface area contributed by atoms with E-state index in [1.807, 2.05) is 27.2 Å². The van der Waals surface area contributed by atoms with Crippen LogP contribution >= 0.6 is 7.82 Å². The number of quaternary nitrogens is 1. The normalized spacial score (nSPS) is 14.3. The van der Waals surface area contributed by atoms with Crippen LogP contribution in [0.15, 0.2) is 24.3 Å². The number of phosphoric acid groups is 1. The van der Waals surface area contributed by atoms with Gasteiger partial charge in [-0.1, -0.05) is 231 Å². The average Bonchev–Trinajstić information content (AvgIpc) is 3.20. The number of likely N-dealkylation sites (N-methyl/N-ethyl adjacent to an activating group) is 1. The van der Waals surface area contributed by atoms with Gasteiger partial charge < -0.3 is 19.8 Å². The molecule has 3 unspecified atom stereocenters. The minimum atomic E-state index is -4.34. The van der Waals surface area contributed by atoms with Crippen molar-refractivity contribution in [3.8, 4) is 0 Å². The van der Waals surface area contributed by atoms with E-state index in [1.165, 1.54) is 186 Å². The van der Waals surface area contributed by atoms with Crippen molar-refractivity contribution in [2.75, 3.05) is 40.9 Å². The number of rotatable bonds is 47. The van der Waals surface area contributed by atoms with E-state index in [0.29, 0.717) is 17.4 Å². The van der Waals surface area contributed by atoms with Crippen molar-refractivity contribution in [2.45, 2.75) is 257 Å². The van der Waals surface area contributed by atoms with Gasteiger partial charge in [-0.15, -0.1) is 0 Å². The molecule has 1 amide bonds. The summed E-state index contributed by atoms with van der Waals surface area (Å²) in [5, 5.41) is 13.9. The van der Waals surface area contributed by atoms with Gasteiger partial charge in [0.2, 0.25) is 5.91 Å². The van der Waals surface area contributed by atoms with Gasteiger partial charge in [0.05, 0.1) is 39.9 Å². The lowest BCUT2D eigenvalue weighted by Crippen LogP contribution is -2.45. The summed E-state index contributed by atoms with van der Waals surface area (Å²) < 4.78 is 23.6. The van der Waals surface area contributed by atoms with Crippen LogP contribution in [0.25, 0.3) is 0 Å². The van der Waals surface area contributed by atoms with Crippen LogP contribution < -0.4 is 5.32 Å². The first-order valence-corrected chi connectivity index (χ1v) is 27.2. The lowest BCUT2D eigenvalue weighted by atomic mass is 10.0. The van der Waals surface area contributed by atoms with Crippen LogP contribution in [-0.2, 0) is 18.4 Å². The number of nitrogens with one attached hydrogen (secondary N) is 1. The lowest BCUT2D eigenvalue weighted by Gasteiger charge is -2.25. The SMILES string of the molecule is CCCCCCCCCCC/C=C/CC/C=C/C(O)C(COP(=O)(O)OCC[N+](C)(C)C)NC(=O)CCCCCCCCCCCCCCCCCCCCCCCCC. The molecule has 0 aromatic rings. The van der Waals surface area contributed by atoms with Crippen LogP contribution in [0, 0.1) is 0 Å². The highest BCUT2D eigenvalue weighted by molar-refractivity contribution is 7.47. The summed E-state index contributed by atoms with van der Waals surface area (Å²) >= 11 is 0. The molecule has 0 spiro atoms. The smallest absolute Gasteiger partial charge is 0.387 e. The number of aliphatic hydroxyl groups excluding tert-OH is 1. The first-order valence-electron chi connectivity index (χ1n) is 25.7. The van der Waals surface area contributed by atoms with Crippen molar-refractivity contribution >= 4 is 13.7 Å². The van der Waals surface area contributed by atoms with Gasteiger partial charge in [-0.2, -0.15) is 0 Å². The van der Waals surface area contributed by atoms with Gasteiger partial charge in [-0.25, -0.2) is 4.57 Å². The van der Waals surface area contributed by atoms with E-state index in [4.69, 9.17) is 9.05 Å². The molecule has 0 aromatic heterocycles. The molecule has 0 saturated carbocycles. The van der Waals surface area contributed by atoms with Crippen LogP contribution in [0.1, 0.15) is 245 Å². The van der Waals surface area contributed by atoms with Gasteiger partial charge in [0.25, 0.3) is 0 Å². The van der Waals surface area contributed by atoms with E-state index in [1.54, 1.807) is 6.08 Å². The van der Waals surface area contributed by atoms with Crippen molar-refractivity contribution in [2.24, 2.45) is 0 Å². The van der Waals surface area contributed by atoms with Crippen LogP contribution in [0.5, 0.6) is 0 Å². The average molecular weight is 870 g/mol. The maximum Gasteiger partial charge on any atom is 0.472 e. The fraction of sp³-hybridized carbons (Fsp3) is 0.902. The highest BCUT2D eigenvalue weighted by Crippen LogP contribution is 2.43. The van der Waals surface area contributed by atoms with Crippen molar-refractivity contribution in [1.82, 2.24) is 5.32 Å². The number of aliphatic hydroxyl groups is 1. The van der Waals surface area contributed by atoms with E-state index in [2.05, 4.69) is 31.3 Å². The Balaban J connectivity index is 4.25. The summed E-state index contributed by atoms with van der Waals surface area (Å²) in [5.74, 6) is -0.183. The quantitative estimate of drug-likeness (QED) is 0.0243. The third kappa shape index (κ3) is 45.0. The summed E-state index contributed by atoms with van der Waals surface area (Å²) in [7, 11) is 1.56. The number of hydrogen-bond acceptors (Lipinski definition) is 5. The Morgan fingerprint density at radius 1 is 0.550 bits per heavy atom. The van der Waals surface area contributed by atoms with Crippen LogP contribution in [0.4, 0.5) is 0 Å². The van der Waals surface area contributed by atoms with Gasteiger partial charge in [-0.3, -0.25) is 13.8 Å². The van der Waals surface area contributed by atoms with Crippen LogP contribution in [0.3, 0.4) is 0 Å². The first-order chi connectivity index (χ1) is 29.0. The van der Waals surface area contributed by atoms with Crippen molar-refractivity contribution in [3.63, 3.8) is 0 Å². The molecule has 0 heterocycles. The number of hydrogen-bond donors (Lipinski definition) is 3. The molecule has 3 atom stereocenters. The zero-order valence-corrected chi connectivity index (χ0v) is 41.4. The molecule has 8 nitrogen and oxygen atoms in total. The molecule has 0 aliphatic carbocycles. The molecule has 60 heavy (non-hydrogen) atoms. The summed E-state index contributed by atoms with van der Waals surface area (Å²) in [6.07, 6.45) is 52.6. The molecule has 0 bridgehead atoms. The fourth-order valence-electron chi connectivity index (χ4n) is 7.59. The number of amides is 1. The molecule has 0 radical (unpaired) electrons. The van der Waals surface area contributed by atoms with Crippen LogP contribution in [0.2, 0.25) is 0 Å². The summed E-state index contributed by atoms with van der Waals surface area (Å²) in [5.41, 5.74) is 0. The summed E-state index contributed by atoms with van der Waals surface area (Å²) in [4.78, 5) is 23.2. The second kappa shape index (κ2) is 43.2. The van der Waals surface area contributed by atoms with E-state index in [-0.39, 0.29) is 19.1 Å². The second-order valence-corrected chi connectivity index (χ2v) is 20.4. The zero-order valence-electron chi connectivity index (χ0n) is 40.5. The van der Waals surface area contributed by atoms with Gasteiger partial charge in [0, 0.05) is 6.42 Å². The number of carbonyl (C=O) groups is 1. The monoisotopic (exact) mass is 870 g/mol. The molecule has 0 aliphatic rings. The summed E-state index contributed by atoms with van der Waals surface area (Å²) in [6, 6.07) is -0.858. The Morgan fingerprint density at radius 3 is 1.33 bits per heavy atom. The van der Waals surface area contributed by atoms with Gasteiger partial charge >= 0.3 is 7.82 Å². The third-order valence-corrected chi connectivity index (χ3v) is 12.7. The van der Waals surface area contributed by atoms with E-state index in [9.17, 15) is 19.4 Å². The topological polar surface area (TPSA) is 105 Å². The minimum absolute atomic E-state index is 0.0585. The maximum atomic E-state index is 12.9. The predicted octanol–water partition coefficient (Wildman–Crippen LogP) is 14.9. The molecule has 0 rings (SSSR count). The molecule has 0 aromatic carbocycles. The zero-order chi connectivity index (χ0) is 44.3. The highest BCUT2D eigenvalue weighted by atomic mass is 31.2. The van der Waals surface area contributed by atoms with Gasteiger partial charge in [0.1, 0.15) is 13.2 Å². The molecular weight excluding hydrogens is 768 g/mol. The van der Waals surface area contributed by atoms with Crippen molar-refractivity contribution < 1.29 is 32.9 Å². The molecule has 0 saturated heterocycles. The number of unbranched alkanes of at least 4 members (excludes halogenated alkanes) is 32.